The van der Waals surface area contributed by atoms with E-state index in [0.29, 0.717) is 16.6 Å². The van der Waals surface area contributed by atoms with Crippen LogP contribution in [0, 0.1) is 0 Å². The number of benzene rings is 2. The van der Waals surface area contributed by atoms with Gasteiger partial charge in [0, 0.05) is 5.69 Å². The van der Waals surface area contributed by atoms with E-state index >= 15 is 0 Å². The lowest BCUT2D eigenvalue weighted by Gasteiger charge is -2.16. The van der Waals surface area contributed by atoms with Crippen LogP contribution in [0.25, 0.3) is 0 Å². The molecule has 0 radical (unpaired) electrons. The average molecular weight is 261 g/mol. The summed E-state index contributed by atoms with van der Waals surface area (Å²) in [7, 11) is 0. The Labute approximate surface area is 113 Å². The summed E-state index contributed by atoms with van der Waals surface area (Å²) < 4.78 is 0. The van der Waals surface area contributed by atoms with Crippen LogP contribution in [0.2, 0.25) is 5.02 Å². The summed E-state index contributed by atoms with van der Waals surface area (Å²) in [6.45, 7) is 4.33. The molecule has 3 heteroatoms. The molecular weight excluding hydrogens is 244 g/mol. The van der Waals surface area contributed by atoms with Gasteiger partial charge >= 0.3 is 0 Å². The Morgan fingerprint density at radius 2 is 1.78 bits per heavy atom. The van der Waals surface area contributed by atoms with Crippen LogP contribution in [0.1, 0.15) is 25.3 Å². The third-order valence-electron chi connectivity index (χ3n) is 2.89. The van der Waals surface area contributed by atoms with Crippen molar-refractivity contribution in [3.05, 3.63) is 53.1 Å². The zero-order chi connectivity index (χ0) is 13.1. The molecule has 0 fully saturated rings. The predicted molar refractivity (Wildman–Crippen MR) is 79.7 cm³/mol. The SMILES string of the molecule is CC(C)c1ccccc1Nc1c(N)cccc1Cl. The van der Waals surface area contributed by atoms with Crippen molar-refractivity contribution in [1.82, 2.24) is 0 Å². The number of nitrogens with one attached hydrogen (secondary N) is 1. The largest absolute Gasteiger partial charge is 0.397 e. The molecule has 0 unspecified atom stereocenters. The van der Waals surface area contributed by atoms with Crippen molar-refractivity contribution < 1.29 is 0 Å². The van der Waals surface area contributed by atoms with Gasteiger partial charge < -0.3 is 11.1 Å². The Morgan fingerprint density at radius 1 is 1.06 bits per heavy atom. The quantitative estimate of drug-likeness (QED) is 0.779. The van der Waals surface area contributed by atoms with E-state index in [4.69, 9.17) is 17.3 Å². The second-order valence-electron chi connectivity index (χ2n) is 4.57. The fraction of sp³-hybridized carbons (Fsp3) is 0.200. The summed E-state index contributed by atoms with van der Waals surface area (Å²) >= 11 is 6.17. The fourth-order valence-electron chi connectivity index (χ4n) is 1.92. The van der Waals surface area contributed by atoms with Crippen molar-refractivity contribution in [2.45, 2.75) is 19.8 Å². The van der Waals surface area contributed by atoms with Gasteiger partial charge in [0.25, 0.3) is 0 Å². The van der Waals surface area contributed by atoms with Gasteiger partial charge in [0.15, 0.2) is 0 Å². The number of hydrogen-bond donors (Lipinski definition) is 2. The van der Waals surface area contributed by atoms with E-state index < -0.39 is 0 Å². The topological polar surface area (TPSA) is 38.0 Å². The van der Waals surface area contributed by atoms with Crippen LogP contribution in [0.5, 0.6) is 0 Å². The Hall–Kier alpha value is -1.67. The van der Waals surface area contributed by atoms with Crippen LogP contribution in [-0.4, -0.2) is 0 Å². The third kappa shape index (κ3) is 2.59. The second kappa shape index (κ2) is 5.32. The molecule has 0 aliphatic heterocycles. The molecule has 0 saturated heterocycles. The molecule has 2 aromatic carbocycles. The summed E-state index contributed by atoms with van der Waals surface area (Å²) in [6, 6.07) is 13.7. The van der Waals surface area contributed by atoms with Crippen molar-refractivity contribution in [3.8, 4) is 0 Å². The highest BCUT2D eigenvalue weighted by Gasteiger charge is 2.09. The van der Waals surface area contributed by atoms with Crippen LogP contribution in [-0.2, 0) is 0 Å². The molecule has 2 rings (SSSR count). The van der Waals surface area contributed by atoms with Gasteiger partial charge in [-0.25, -0.2) is 0 Å². The van der Waals surface area contributed by atoms with Crippen molar-refractivity contribution in [2.24, 2.45) is 0 Å². The van der Waals surface area contributed by atoms with E-state index in [1.807, 2.05) is 36.4 Å². The van der Waals surface area contributed by atoms with Gasteiger partial charge in [0.1, 0.15) is 0 Å². The number of rotatable bonds is 3. The maximum absolute atomic E-state index is 6.17. The molecule has 0 atom stereocenters. The van der Waals surface area contributed by atoms with Gasteiger partial charge in [-0.3, -0.25) is 0 Å². The second-order valence-corrected chi connectivity index (χ2v) is 4.98. The van der Waals surface area contributed by atoms with Crippen LogP contribution < -0.4 is 11.1 Å². The number of hydrogen-bond acceptors (Lipinski definition) is 2. The van der Waals surface area contributed by atoms with Crippen molar-refractivity contribution in [3.63, 3.8) is 0 Å². The van der Waals surface area contributed by atoms with E-state index in [2.05, 4.69) is 25.2 Å². The first kappa shape index (κ1) is 12.8. The van der Waals surface area contributed by atoms with Gasteiger partial charge in [-0.15, -0.1) is 0 Å². The number of halogens is 1. The van der Waals surface area contributed by atoms with Gasteiger partial charge in [0.05, 0.1) is 16.4 Å². The smallest absolute Gasteiger partial charge is 0.0807 e. The van der Waals surface area contributed by atoms with Gasteiger partial charge in [-0.05, 0) is 29.7 Å². The minimum atomic E-state index is 0.442. The standard InChI is InChI=1S/C15H17ClN2/c1-10(2)11-6-3-4-9-14(11)18-15-12(16)7-5-8-13(15)17/h3-10,18H,17H2,1-2H3. The molecule has 0 bridgehead atoms. The first-order valence-electron chi connectivity index (χ1n) is 5.99. The molecule has 2 aromatic rings. The van der Waals surface area contributed by atoms with Gasteiger partial charge in [-0.1, -0.05) is 49.7 Å². The molecule has 0 aromatic heterocycles. The highest BCUT2D eigenvalue weighted by molar-refractivity contribution is 6.34. The molecule has 0 spiro atoms. The van der Waals surface area contributed by atoms with E-state index in [1.165, 1.54) is 5.56 Å². The first-order valence-corrected chi connectivity index (χ1v) is 6.37. The fourth-order valence-corrected chi connectivity index (χ4v) is 2.15. The van der Waals surface area contributed by atoms with Gasteiger partial charge in [-0.2, -0.15) is 0 Å². The number of anilines is 3. The van der Waals surface area contributed by atoms with E-state index in [0.717, 1.165) is 11.4 Å². The minimum Gasteiger partial charge on any atom is -0.397 e. The Bertz CT molecular complexity index is 530. The Morgan fingerprint density at radius 3 is 2.44 bits per heavy atom. The van der Waals surface area contributed by atoms with Crippen LogP contribution in [0.4, 0.5) is 17.1 Å². The van der Waals surface area contributed by atoms with Crippen LogP contribution >= 0.6 is 11.6 Å². The number of para-hydroxylation sites is 2. The summed E-state index contributed by atoms with van der Waals surface area (Å²) in [6.07, 6.45) is 0. The van der Waals surface area contributed by atoms with Crippen molar-refractivity contribution >= 4 is 28.7 Å². The summed E-state index contributed by atoms with van der Waals surface area (Å²) in [5.74, 6) is 0.442. The lowest BCUT2D eigenvalue weighted by Crippen LogP contribution is -2.01. The lowest BCUT2D eigenvalue weighted by molar-refractivity contribution is 0.869. The van der Waals surface area contributed by atoms with Crippen LogP contribution in [0.15, 0.2) is 42.5 Å². The molecular formula is C15H17ClN2. The molecule has 0 aliphatic carbocycles. The highest BCUT2D eigenvalue weighted by Crippen LogP contribution is 2.33. The summed E-state index contributed by atoms with van der Waals surface area (Å²) in [4.78, 5) is 0. The van der Waals surface area contributed by atoms with Crippen LogP contribution in [0.3, 0.4) is 0 Å². The van der Waals surface area contributed by atoms with E-state index in [9.17, 15) is 0 Å². The summed E-state index contributed by atoms with van der Waals surface area (Å²) in [5.41, 5.74) is 9.67. The maximum Gasteiger partial charge on any atom is 0.0807 e. The highest BCUT2D eigenvalue weighted by atomic mass is 35.5. The first-order chi connectivity index (χ1) is 8.59. The zero-order valence-corrected chi connectivity index (χ0v) is 11.3. The molecule has 3 N–H and O–H groups in total. The van der Waals surface area contributed by atoms with E-state index in [-0.39, 0.29) is 0 Å². The molecule has 0 heterocycles. The normalized spacial score (nSPS) is 10.7. The van der Waals surface area contributed by atoms with E-state index in [1.54, 1.807) is 0 Å². The van der Waals surface area contributed by atoms with Crippen molar-refractivity contribution in [2.75, 3.05) is 11.1 Å². The molecule has 2 nitrogen and oxygen atoms in total. The zero-order valence-electron chi connectivity index (χ0n) is 10.6. The lowest BCUT2D eigenvalue weighted by atomic mass is 10.0. The monoisotopic (exact) mass is 260 g/mol. The minimum absolute atomic E-state index is 0.442. The Kier molecular flexibility index (Phi) is 3.78. The third-order valence-corrected chi connectivity index (χ3v) is 3.20. The van der Waals surface area contributed by atoms with Gasteiger partial charge in [0.2, 0.25) is 0 Å². The molecule has 0 amide bonds. The number of nitrogen functional groups attached to an aromatic ring is 1. The number of nitrogens with two attached hydrogens (primary N) is 1. The average Bonchev–Trinajstić information content (AvgIpc) is 2.34. The maximum atomic E-state index is 6.17. The Balaban J connectivity index is 2.40. The predicted octanol–water partition coefficient (Wildman–Crippen LogP) is 4.79. The molecule has 0 aliphatic rings. The molecule has 94 valence electrons. The molecule has 0 saturated carbocycles. The van der Waals surface area contributed by atoms with Crippen molar-refractivity contribution in [1.29, 1.82) is 0 Å². The molecule has 18 heavy (non-hydrogen) atoms. The summed E-state index contributed by atoms with van der Waals surface area (Å²) in [5, 5.41) is 3.97.